The lowest BCUT2D eigenvalue weighted by atomic mass is 10.1. The molecule has 0 amide bonds. The average molecular weight is 373 g/mol. The van der Waals surface area contributed by atoms with Gasteiger partial charge in [0.05, 0.1) is 5.39 Å². The maximum Gasteiger partial charge on any atom is 0.231 e. The number of hydrogen-bond acceptors (Lipinski definition) is 5. The van der Waals surface area contributed by atoms with Gasteiger partial charge in [-0.1, -0.05) is 30.3 Å². The predicted octanol–water partition coefficient (Wildman–Crippen LogP) is 5.84. The zero-order valence-electron chi connectivity index (χ0n) is 14.0. The van der Waals surface area contributed by atoms with E-state index in [1.807, 2.05) is 35.7 Å². The predicted molar refractivity (Wildman–Crippen MR) is 105 cm³/mol. The number of hydrogen-bond donors (Lipinski definition) is 0. The first kappa shape index (κ1) is 15.8. The minimum absolute atomic E-state index is 0.271. The highest BCUT2D eigenvalue weighted by molar-refractivity contribution is 7.17. The zero-order chi connectivity index (χ0) is 18.2. The van der Waals surface area contributed by atoms with E-state index in [1.165, 1.54) is 29.8 Å². The number of pyridine rings is 1. The van der Waals surface area contributed by atoms with Crippen molar-refractivity contribution in [3.8, 4) is 22.8 Å². The van der Waals surface area contributed by atoms with Crippen LogP contribution in [0.5, 0.6) is 11.6 Å². The average Bonchev–Trinajstić information content (AvgIpc) is 3.14. The molecule has 0 N–H and O–H groups in total. The van der Waals surface area contributed by atoms with Gasteiger partial charge in [-0.05, 0) is 29.8 Å². The van der Waals surface area contributed by atoms with Crippen molar-refractivity contribution in [3.05, 3.63) is 78.3 Å². The van der Waals surface area contributed by atoms with Gasteiger partial charge in [-0.15, -0.1) is 11.3 Å². The fraction of sp³-hybridized carbons (Fsp3) is 0. The molecular weight excluding hydrogens is 361 g/mol. The molecule has 0 saturated carbocycles. The minimum Gasteiger partial charge on any atom is -0.436 e. The van der Waals surface area contributed by atoms with E-state index in [0.29, 0.717) is 11.6 Å². The van der Waals surface area contributed by atoms with Crippen molar-refractivity contribution in [2.45, 2.75) is 0 Å². The molecule has 0 saturated heterocycles. The lowest BCUT2D eigenvalue weighted by Gasteiger charge is -2.09. The lowest BCUT2D eigenvalue weighted by molar-refractivity contribution is 0.473. The smallest absolute Gasteiger partial charge is 0.231 e. The summed E-state index contributed by atoms with van der Waals surface area (Å²) < 4.78 is 19.5. The van der Waals surface area contributed by atoms with Crippen molar-refractivity contribution in [1.29, 1.82) is 0 Å². The second-order valence-corrected chi connectivity index (χ2v) is 6.81. The van der Waals surface area contributed by atoms with Crippen LogP contribution in [-0.4, -0.2) is 15.0 Å². The van der Waals surface area contributed by atoms with Crippen LogP contribution < -0.4 is 4.74 Å². The van der Waals surface area contributed by atoms with Crippen LogP contribution in [0.3, 0.4) is 0 Å². The largest absolute Gasteiger partial charge is 0.436 e. The van der Waals surface area contributed by atoms with E-state index in [1.54, 1.807) is 18.3 Å². The van der Waals surface area contributed by atoms with Gasteiger partial charge in [0.15, 0.2) is 5.75 Å². The van der Waals surface area contributed by atoms with Gasteiger partial charge in [-0.25, -0.2) is 14.4 Å². The van der Waals surface area contributed by atoms with Gasteiger partial charge in [-0.3, -0.25) is 4.98 Å². The topological polar surface area (TPSA) is 47.9 Å². The fourth-order valence-electron chi connectivity index (χ4n) is 3.03. The SMILES string of the molecule is Fc1ccc(-c2csc3ncnc(Oc4cccc5cccnc45)c23)cc1. The molecule has 0 spiro atoms. The molecule has 0 aliphatic carbocycles. The molecule has 3 aromatic heterocycles. The highest BCUT2D eigenvalue weighted by Gasteiger charge is 2.16. The lowest BCUT2D eigenvalue weighted by Crippen LogP contribution is -1.92. The van der Waals surface area contributed by atoms with Crippen molar-refractivity contribution < 1.29 is 9.13 Å². The molecule has 2 aromatic carbocycles. The van der Waals surface area contributed by atoms with Crippen LogP contribution in [-0.2, 0) is 0 Å². The first-order valence-electron chi connectivity index (χ1n) is 8.29. The maximum atomic E-state index is 13.3. The van der Waals surface area contributed by atoms with E-state index >= 15 is 0 Å². The summed E-state index contributed by atoms with van der Waals surface area (Å²) in [6.45, 7) is 0. The number of thiophene rings is 1. The molecule has 4 nitrogen and oxygen atoms in total. The second-order valence-electron chi connectivity index (χ2n) is 5.95. The Balaban J connectivity index is 1.67. The standard InChI is InChI=1S/C21H12FN3OS/c22-15-8-6-13(7-9-15)16-11-27-21-18(16)20(24-12-25-21)26-17-5-1-3-14-4-2-10-23-19(14)17/h1-12H. The summed E-state index contributed by atoms with van der Waals surface area (Å²) in [6.07, 6.45) is 3.22. The molecule has 0 atom stereocenters. The molecule has 5 aromatic rings. The Hall–Kier alpha value is -3.38. The number of aromatic nitrogens is 3. The van der Waals surface area contributed by atoms with Crippen LogP contribution in [0, 0.1) is 5.82 Å². The van der Waals surface area contributed by atoms with Gasteiger partial charge in [0, 0.05) is 22.5 Å². The molecular formula is C21H12FN3OS. The quantitative estimate of drug-likeness (QED) is 0.399. The molecule has 27 heavy (non-hydrogen) atoms. The van der Waals surface area contributed by atoms with Crippen molar-refractivity contribution in [2.75, 3.05) is 0 Å². The van der Waals surface area contributed by atoms with Crippen LogP contribution in [0.25, 0.3) is 32.2 Å². The highest BCUT2D eigenvalue weighted by Crippen LogP contribution is 2.39. The van der Waals surface area contributed by atoms with Crippen LogP contribution in [0.1, 0.15) is 0 Å². The van der Waals surface area contributed by atoms with Crippen molar-refractivity contribution >= 4 is 32.5 Å². The molecule has 3 heterocycles. The van der Waals surface area contributed by atoms with Crippen LogP contribution >= 0.6 is 11.3 Å². The number of nitrogens with zero attached hydrogens (tertiary/aromatic N) is 3. The molecule has 0 aliphatic rings. The molecule has 0 fully saturated rings. The summed E-state index contributed by atoms with van der Waals surface area (Å²) in [5, 5.41) is 3.78. The number of benzene rings is 2. The summed E-state index contributed by atoms with van der Waals surface area (Å²) in [5.74, 6) is 0.816. The van der Waals surface area contributed by atoms with Crippen LogP contribution in [0.4, 0.5) is 4.39 Å². The molecule has 0 aliphatic heterocycles. The Morgan fingerprint density at radius 3 is 2.63 bits per heavy atom. The second kappa shape index (κ2) is 6.41. The highest BCUT2D eigenvalue weighted by atomic mass is 32.1. The molecule has 0 radical (unpaired) electrons. The summed E-state index contributed by atoms with van der Waals surface area (Å²) >= 11 is 1.50. The Morgan fingerprint density at radius 2 is 1.74 bits per heavy atom. The first-order valence-corrected chi connectivity index (χ1v) is 9.17. The van der Waals surface area contributed by atoms with E-state index in [2.05, 4.69) is 15.0 Å². The number of para-hydroxylation sites is 1. The number of fused-ring (bicyclic) bond motifs is 2. The van der Waals surface area contributed by atoms with Crippen molar-refractivity contribution in [1.82, 2.24) is 15.0 Å². The van der Waals surface area contributed by atoms with E-state index < -0.39 is 0 Å². The van der Waals surface area contributed by atoms with Crippen LogP contribution in [0.15, 0.2) is 72.5 Å². The van der Waals surface area contributed by atoms with E-state index in [9.17, 15) is 4.39 Å². The number of halogens is 1. The molecule has 5 rings (SSSR count). The van der Waals surface area contributed by atoms with Crippen molar-refractivity contribution in [3.63, 3.8) is 0 Å². The van der Waals surface area contributed by atoms with Gasteiger partial charge in [0.2, 0.25) is 5.88 Å². The van der Waals surface area contributed by atoms with Gasteiger partial charge in [0.25, 0.3) is 0 Å². The molecule has 0 unspecified atom stereocenters. The summed E-state index contributed by atoms with van der Waals surface area (Å²) in [5.41, 5.74) is 2.57. The van der Waals surface area contributed by atoms with E-state index in [0.717, 1.165) is 32.2 Å². The fourth-order valence-corrected chi connectivity index (χ4v) is 3.94. The molecule has 0 bridgehead atoms. The normalized spacial score (nSPS) is 11.1. The number of rotatable bonds is 3. The van der Waals surface area contributed by atoms with Gasteiger partial charge in [0.1, 0.15) is 22.5 Å². The van der Waals surface area contributed by atoms with E-state index in [4.69, 9.17) is 4.74 Å². The minimum atomic E-state index is -0.271. The summed E-state index contributed by atoms with van der Waals surface area (Å²) in [7, 11) is 0. The van der Waals surface area contributed by atoms with Gasteiger partial charge in [-0.2, -0.15) is 0 Å². The molecule has 130 valence electrons. The Bertz CT molecular complexity index is 1260. The monoisotopic (exact) mass is 373 g/mol. The third kappa shape index (κ3) is 2.80. The number of ether oxygens (including phenoxy) is 1. The first-order chi connectivity index (χ1) is 13.3. The Labute approximate surface area is 157 Å². The van der Waals surface area contributed by atoms with Gasteiger partial charge >= 0.3 is 0 Å². The van der Waals surface area contributed by atoms with E-state index in [-0.39, 0.29) is 5.82 Å². The van der Waals surface area contributed by atoms with Crippen LogP contribution in [0.2, 0.25) is 0 Å². The third-order valence-corrected chi connectivity index (χ3v) is 5.18. The third-order valence-electron chi connectivity index (χ3n) is 4.29. The summed E-state index contributed by atoms with van der Waals surface area (Å²) in [4.78, 5) is 13.9. The molecule has 6 heteroatoms. The Morgan fingerprint density at radius 1 is 0.889 bits per heavy atom. The zero-order valence-corrected chi connectivity index (χ0v) is 14.8. The van der Waals surface area contributed by atoms with Crippen molar-refractivity contribution in [2.24, 2.45) is 0 Å². The maximum absolute atomic E-state index is 13.3. The Kier molecular flexibility index (Phi) is 3.76. The summed E-state index contributed by atoms with van der Waals surface area (Å²) in [6, 6.07) is 16.0. The van der Waals surface area contributed by atoms with Gasteiger partial charge < -0.3 is 4.74 Å².